The van der Waals surface area contributed by atoms with Crippen LogP contribution in [0.25, 0.3) is 11.1 Å². The zero-order valence-electron chi connectivity index (χ0n) is 16.0. The Morgan fingerprint density at radius 3 is 1.97 bits per heavy atom. The summed E-state index contributed by atoms with van der Waals surface area (Å²) in [6, 6.07) is 19.7. The van der Waals surface area contributed by atoms with Gasteiger partial charge in [-0.25, -0.2) is 9.59 Å². The highest BCUT2D eigenvalue weighted by Gasteiger charge is 2.37. The van der Waals surface area contributed by atoms with E-state index in [2.05, 4.69) is 4.74 Å². The number of hydrogen-bond acceptors (Lipinski definition) is 5. The first-order valence-corrected chi connectivity index (χ1v) is 9.03. The first kappa shape index (κ1) is 18.6. The molecule has 0 aromatic heterocycles. The number of phenols is 1. The van der Waals surface area contributed by atoms with Crippen LogP contribution in [-0.4, -0.2) is 31.4 Å². The molecule has 0 atom stereocenters. The summed E-state index contributed by atoms with van der Waals surface area (Å²) in [5, 5.41) is 10.3. The lowest BCUT2D eigenvalue weighted by Gasteiger charge is -2.29. The van der Waals surface area contributed by atoms with Gasteiger partial charge in [0.2, 0.25) is 0 Å². The quantitative estimate of drug-likeness (QED) is 0.667. The maximum absolute atomic E-state index is 12.8. The number of methoxy groups -OCH3 is 2. The van der Waals surface area contributed by atoms with Crippen molar-refractivity contribution in [1.82, 2.24) is 0 Å². The number of phenolic OH excluding ortho intramolecular Hbond substituents is 1. The van der Waals surface area contributed by atoms with Gasteiger partial charge < -0.3 is 14.6 Å². The van der Waals surface area contributed by atoms with E-state index in [1.54, 1.807) is 6.07 Å². The summed E-state index contributed by atoms with van der Waals surface area (Å²) in [5.74, 6) is -0.932. The minimum absolute atomic E-state index is 0.0216. The molecule has 1 aliphatic rings. The number of rotatable bonds is 3. The zero-order chi connectivity index (χ0) is 20.5. The number of nitrogens with zero attached hydrogens (tertiary/aromatic N) is 1. The Bertz CT molecular complexity index is 1060. The predicted molar refractivity (Wildman–Crippen MR) is 108 cm³/mol. The molecule has 4 rings (SSSR count). The number of ether oxygens (including phenoxy) is 2. The van der Waals surface area contributed by atoms with Crippen molar-refractivity contribution < 1.29 is 24.2 Å². The lowest BCUT2D eigenvalue weighted by molar-refractivity contribution is 0.0597. The van der Waals surface area contributed by atoms with Crippen molar-refractivity contribution in [3.63, 3.8) is 0 Å². The molecule has 1 amide bonds. The van der Waals surface area contributed by atoms with Crippen molar-refractivity contribution in [3.8, 4) is 16.9 Å². The number of anilines is 1. The SMILES string of the molecule is COC(=O)c1ccc(N(C(=O)OC)C2c3ccccc3-c3ccccc32)cc1O. The maximum atomic E-state index is 12.8. The molecule has 0 spiro atoms. The van der Waals surface area contributed by atoms with E-state index >= 15 is 0 Å². The van der Waals surface area contributed by atoms with Crippen LogP contribution in [0.3, 0.4) is 0 Å². The van der Waals surface area contributed by atoms with Crippen LogP contribution in [0, 0.1) is 0 Å². The first-order chi connectivity index (χ1) is 14.1. The summed E-state index contributed by atoms with van der Waals surface area (Å²) < 4.78 is 9.74. The summed E-state index contributed by atoms with van der Waals surface area (Å²) in [6.07, 6.45) is -0.577. The summed E-state index contributed by atoms with van der Waals surface area (Å²) in [6.45, 7) is 0. The van der Waals surface area contributed by atoms with Crippen LogP contribution in [0.4, 0.5) is 10.5 Å². The van der Waals surface area contributed by atoms with Crippen LogP contribution in [0.2, 0.25) is 0 Å². The molecule has 1 N–H and O–H groups in total. The van der Waals surface area contributed by atoms with Gasteiger partial charge >= 0.3 is 12.1 Å². The normalized spacial score (nSPS) is 12.1. The monoisotopic (exact) mass is 389 g/mol. The molecule has 0 fully saturated rings. The summed E-state index contributed by atoms with van der Waals surface area (Å²) in [7, 11) is 2.55. The molecule has 6 nitrogen and oxygen atoms in total. The van der Waals surface area contributed by atoms with Gasteiger partial charge in [-0.1, -0.05) is 48.5 Å². The number of benzene rings is 3. The molecule has 0 aliphatic heterocycles. The fourth-order valence-corrected chi connectivity index (χ4v) is 3.82. The van der Waals surface area contributed by atoms with Gasteiger partial charge in [0.05, 0.1) is 25.9 Å². The number of hydrogen-bond donors (Lipinski definition) is 1. The van der Waals surface area contributed by atoms with Gasteiger partial charge in [-0.15, -0.1) is 0 Å². The van der Waals surface area contributed by atoms with Crippen molar-refractivity contribution in [2.75, 3.05) is 19.1 Å². The van der Waals surface area contributed by atoms with Gasteiger partial charge in [0.15, 0.2) is 0 Å². The lowest BCUT2D eigenvalue weighted by Crippen LogP contribution is -2.34. The first-order valence-electron chi connectivity index (χ1n) is 9.03. The van der Waals surface area contributed by atoms with Crippen molar-refractivity contribution in [2.45, 2.75) is 6.04 Å². The third-order valence-electron chi connectivity index (χ3n) is 5.10. The van der Waals surface area contributed by atoms with Crippen LogP contribution in [-0.2, 0) is 9.47 Å². The second kappa shape index (κ2) is 7.31. The average molecular weight is 389 g/mol. The Labute approximate surface area is 167 Å². The van der Waals surface area contributed by atoms with Crippen LogP contribution in [0.15, 0.2) is 66.7 Å². The highest BCUT2D eigenvalue weighted by Crippen LogP contribution is 2.48. The van der Waals surface area contributed by atoms with Crippen LogP contribution in [0.1, 0.15) is 27.5 Å². The van der Waals surface area contributed by atoms with E-state index in [0.717, 1.165) is 22.3 Å². The molecule has 0 unspecified atom stereocenters. The molecule has 0 bridgehead atoms. The van der Waals surface area contributed by atoms with Crippen molar-refractivity contribution in [1.29, 1.82) is 0 Å². The van der Waals surface area contributed by atoms with E-state index in [0.29, 0.717) is 5.69 Å². The fraction of sp³-hybridized carbons (Fsp3) is 0.130. The van der Waals surface area contributed by atoms with Gasteiger partial charge in [0.1, 0.15) is 11.3 Å². The van der Waals surface area contributed by atoms with Gasteiger partial charge in [-0.05, 0) is 34.4 Å². The third kappa shape index (κ3) is 2.99. The summed E-state index contributed by atoms with van der Waals surface area (Å²) in [4.78, 5) is 26.1. The molecule has 0 radical (unpaired) electrons. The van der Waals surface area contributed by atoms with Gasteiger partial charge in [0, 0.05) is 6.07 Å². The molecule has 0 heterocycles. The molecule has 146 valence electrons. The summed E-state index contributed by atoms with van der Waals surface area (Å²) in [5.41, 5.74) is 4.41. The number of carbonyl (C=O) groups is 2. The molecule has 1 aliphatic carbocycles. The Hall–Kier alpha value is -3.80. The molecule has 3 aromatic carbocycles. The average Bonchev–Trinajstić information content (AvgIpc) is 3.08. The lowest BCUT2D eigenvalue weighted by atomic mass is 10.0. The predicted octanol–water partition coefficient (Wildman–Crippen LogP) is 4.52. The molecular formula is C23H19NO5. The second-order valence-electron chi connectivity index (χ2n) is 6.61. The largest absolute Gasteiger partial charge is 0.507 e. The number of carbonyl (C=O) groups excluding carboxylic acids is 2. The molecule has 3 aromatic rings. The van der Waals surface area contributed by atoms with E-state index < -0.39 is 18.1 Å². The van der Waals surface area contributed by atoms with Crippen LogP contribution < -0.4 is 4.90 Å². The Morgan fingerprint density at radius 1 is 0.862 bits per heavy atom. The fourth-order valence-electron chi connectivity index (χ4n) is 3.82. The second-order valence-corrected chi connectivity index (χ2v) is 6.61. The van der Waals surface area contributed by atoms with Crippen molar-refractivity contribution >= 4 is 17.7 Å². The Morgan fingerprint density at radius 2 is 1.45 bits per heavy atom. The smallest absolute Gasteiger partial charge is 0.414 e. The van der Waals surface area contributed by atoms with Crippen molar-refractivity contribution in [3.05, 3.63) is 83.4 Å². The molecule has 0 saturated heterocycles. The molecular weight excluding hydrogens is 370 g/mol. The van der Waals surface area contributed by atoms with E-state index in [9.17, 15) is 14.7 Å². The topological polar surface area (TPSA) is 76.1 Å². The molecule has 29 heavy (non-hydrogen) atoms. The van der Waals surface area contributed by atoms with E-state index in [4.69, 9.17) is 4.74 Å². The minimum Gasteiger partial charge on any atom is -0.507 e. The molecule has 0 saturated carbocycles. The van der Waals surface area contributed by atoms with E-state index in [1.807, 2.05) is 48.5 Å². The molecule has 6 heteroatoms. The van der Waals surface area contributed by atoms with Crippen LogP contribution >= 0.6 is 0 Å². The minimum atomic E-state index is -0.657. The van der Waals surface area contributed by atoms with Gasteiger partial charge in [-0.2, -0.15) is 0 Å². The van der Waals surface area contributed by atoms with Crippen molar-refractivity contribution in [2.24, 2.45) is 0 Å². The Balaban J connectivity index is 1.89. The standard InChI is InChI=1S/C23H19NO5/c1-28-22(26)19-12-11-14(13-20(19)25)24(23(27)29-2)21-17-9-5-3-7-15(17)16-8-4-6-10-18(16)21/h3-13,21,25H,1-2H3. The Kier molecular flexibility index (Phi) is 4.68. The van der Waals surface area contributed by atoms with Gasteiger partial charge in [0.25, 0.3) is 0 Å². The third-order valence-corrected chi connectivity index (χ3v) is 5.10. The number of aromatic hydroxyl groups is 1. The number of esters is 1. The summed E-state index contributed by atoms with van der Waals surface area (Å²) >= 11 is 0. The van der Waals surface area contributed by atoms with Gasteiger partial charge in [-0.3, -0.25) is 4.90 Å². The van der Waals surface area contributed by atoms with E-state index in [-0.39, 0.29) is 11.3 Å². The highest BCUT2D eigenvalue weighted by atomic mass is 16.5. The highest BCUT2D eigenvalue weighted by molar-refractivity contribution is 5.96. The van der Waals surface area contributed by atoms with Crippen LogP contribution in [0.5, 0.6) is 5.75 Å². The maximum Gasteiger partial charge on any atom is 0.414 e. The number of fused-ring (bicyclic) bond motifs is 3. The zero-order valence-corrected chi connectivity index (χ0v) is 16.0. The number of amides is 1. The van der Waals surface area contributed by atoms with E-state index in [1.165, 1.54) is 31.3 Å².